The number of nitrogens with zero attached hydrogens (tertiary/aromatic N) is 4. The van der Waals surface area contributed by atoms with Crippen molar-refractivity contribution < 1.29 is 4.74 Å². The zero-order chi connectivity index (χ0) is 22.1. The van der Waals surface area contributed by atoms with Gasteiger partial charge in [0.05, 0.1) is 13.4 Å². The Morgan fingerprint density at radius 3 is 2.62 bits per heavy atom. The SMILES string of the molecule is COc1ccc(CNc2nc(Nc3ccc4c(c3)CCC4)nc3c2ncn3C(C)C)cc1. The molecule has 0 amide bonds. The van der Waals surface area contributed by atoms with Crippen LogP contribution in [0.3, 0.4) is 0 Å². The van der Waals surface area contributed by atoms with Crippen LogP contribution in [0.25, 0.3) is 11.2 Å². The van der Waals surface area contributed by atoms with Gasteiger partial charge in [-0.25, -0.2) is 4.98 Å². The van der Waals surface area contributed by atoms with Crippen LogP contribution >= 0.6 is 0 Å². The Morgan fingerprint density at radius 1 is 1.03 bits per heavy atom. The van der Waals surface area contributed by atoms with Crippen molar-refractivity contribution in [2.75, 3.05) is 17.7 Å². The summed E-state index contributed by atoms with van der Waals surface area (Å²) in [7, 11) is 1.67. The van der Waals surface area contributed by atoms with E-state index in [1.165, 1.54) is 24.0 Å². The van der Waals surface area contributed by atoms with Crippen molar-refractivity contribution in [2.45, 2.75) is 45.7 Å². The number of fused-ring (bicyclic) bond motifs is 2. The van der Waals surface area contributed by atoms with Crippen molar-refractivity contribution >= 4 is 28.6 Å². The molecule has 0 atom stereocenters. The van der Waals surface area contributed by atoms with Gasteiger partial charge in [0.25, 0.3) is 0 Å². The number of nitrogens with one attached hydrogen (secondary N) is 2. The summed E-state index contributed by atoms with van der Waals surface area (Å²) in [6.45, 7) is 4.88. The van der Waals surface area contributed by atoms with Gasteiger partial charge in [0.15, 0.2) is 17.0 Å². The Labute approximate surface area is 187 Å². The van der Waals surface area contributed by atoms with Crippen molar-refractivity contribution in [1.82, 2.24) is 19.5 Å². The molecule has 0 saturated carbocycles. The van der Waals surface area contributed by atoms with Crippen LogP contribution in [0.15, 0.2) is 48.8 Å². The molecule has 0 radical (unpaired) electrons. The van der Waals surface area contributed by atoms with Gasteiger partial charge in [-0.05, 0) is 74.1 Å². The molecule has 5 rings (SSSR count). The lowest BCUT2D eigenvalue weighted by atomic mass is 10.1. The van der Waals surface area contributed by atoms with Crippen molar-refractivity contribution in [1.29, 1.82) is 0 Å². The molecule has 0 fully saturated rings. The summed E-state index contributed by atoms with van der Waals surface area (Å²) in [5.74, 6) is 2.12. The fourth-order valence-corrected chi connectivity index (χ4v) is 4.18. The van der Waals surface area contributed by atoms with Crippen molar-refractivity contribution in [3.05, 3.63) is 65.5 Å². The van der Waals surface area contributed by atoms with Crippen molar-refractivity contribution in [3.8, 4) is 5.75 Å². The van der Waals surface area contributed by atoms with Crippen LogP contribution < -0.4 is 15.4 Å². The fourth-order valence-electron chi connectivity index (χ4n) is 4.18. The molecule has 2 aromatic heterocycles. The number of anilines is 3. The summed E-state index contributed by atoms with van der Waals surface area (Å²) in [4.78, 5) is 14.2. The molecule has 7 heteroatoms. The van der Waals surface area contributed by atoms with Gasteiger partial charge < -0.3 is 19.9 Å². The van der Waals surface area contributed by atoms with E-state index in [1.54, 1.807) is 7.11 Å². The van der Waals surface area contributed by atoms with Crippen molar-refractivity contribution in [2.24, 2.45) is 0 Å². The third-order valence-electron chi connectivity index (χ3n) is 5.95. The van der Waals surface area contributed by atoms with E-state index in [-0.39, 0.29) is 6.04 Å². The molecule has 7 nitrogen and oxygen atoms in total. The first-order valence-electron chi connectivity index (χ1n) is 11.1. The molecule has 1 aliphatic carbocycles. The minimum Gasteiger partial charge on any atom is -0.497 e. The predicted molar refractivity (Wildman–Crippen MR) is 128 cm³/mol. The van der Waals surface area contributed by atoms with E-state index in [0.29, 0.717) is 18.3 Å². The Kier molecular flexibility index (Phi) is 5.39. The second-order valence-corrected chi connectivity index (χ2v) is 8.48. The summed E-state index contributed by atoms with van der Waals surface area (Å²) in [5.41, 5.74) is 6.60. The van der Waals surface area contributed by atoms with E-state index in [2.05, 4.69) is 52.2 Å². The molecule has 0 saturated heterocycles. The number of hydrogen-bond acceptors (Lipinski definition) is 6. The highest BCUT2D eigenvalue weighted by molar-refractivity contribution is 5.84. The van der Waals surface area contributed by atoms with Gasteiger partial charge in [0, 0.05) is 18.3 Å². The Morgan fingerprint density at radius 2 is 1.84 bits per heavy atom. The van der Waals surface area contributed by atoms with Crippen LogP contribution in [0.4, 0.5) is 17.5 Å². The van der Waals surface area contributed by atoms with Crippen molar-refractivity contribution in [3.63, 3.8) is 0 Å². The molecule has 32 heavy (non-hydrogen) atoms. The number of rotatable bonds is 7. The summed E-state index contributed by atoms with van der Waals surface area (Å²) < 4.78 is 7.33. The van der Waals surface area contributed by atoms with E-state index < -0.39 is 0 Å². The first kappa shape index (κ1) is 20.3. The third-order valence-corrected chi connectivity index (χ3v) is 5.95. The summed E-state index contributed by atoms with van der Waals surface area (Å²) >= 11 is 0. The fraction of sp³-hybridized carbons (Fsp3) is 0.320. The van der Waals surface area contributed by atoms with Crippen LogP contribution in [0.5, 0.6) is 5.75 Å². The summed E-state index contributed by atoms with van der Waals surface area (Å²) in [6.07, 6.45) is 5.38. The number of aromatic nitrogens is 4. The minimum atomic E-state index is 0.247. The Balaban J connectivity index is 1.46. The molecular weight excluding hydrogens is 400 g/mol. The number of imidazole rings is 1. The lowest BCUT2D eigenvalue weighted by molar-refractivity contribution is 0.414. The highest BCUT2D eigenvalue weighted by Crippen LogP contribution is 2.28. The topological polar surface area (TPSA) is 76.9 Å². The van der Waals surface area contributed by atoms with Gasteiger partial charge in [-0.15, -0.1) is 0 Å². The molecule has 0 unspecified atom stereocenters. The normalized spacial score (nSPS) is 12.9. The highest BCUT2D eigenvalue weighted by Gasteiger charge is 2.16. The zero-order valence-electron chi connectivity index (χ0n) is 18.7. The standard InChI is InChI=1S/C25H28N6O/c1-16(2)31-15-27-22-23(26-14-17-7-11-21(32-3)12-8-17)29-25(30-24(22)31)28-20-10-9-18-5-4-6-19(18)13-20/h7-13,15-16H,4-6,14H2,1-3H3,(H2,26,28,29,30). The molecule has 2 aromatic carbocycles. The highest BCUT2D eigenvalue weighted by atomic mass is 16.5. The van der Waals surface area contributed by atoms with E-state index in [0.717, 1.165) is 34.6 Å². The number of hydrogen-bond donors (Lipinski definition) is 2. The van der Waals surface area contributed by atoms with Gasteiger partial charge >= 0.3 is 0 Å². The van der Waals surface area contributed by atoms with Gasteiger partial charge in [-0.3, -0.25) is 0 Å². The molecule has 164 valence electrons. The van der Waals surface area contributed by atoms with Crippen LogP contribution in [0.1, 0.15) is 43.0 Å². The van der Waals surface area contributed by atoms with Gasteiger partial charge in [-0.1, -0.05) is 18.2 Å². The maximum Gasteiger partial charge on any atom is 0.231 e. The number of methoxy groups -OCH3 is 1. The quantitative estimate of drug-likeness (QED) is 0.418. The first-order chi connectivity index (χ1) is 15.6. The largest absolute Gasteiger partial charge is 0.497 e. The molecule has 2 N–H and O–H groups in total. The predicted octanol–water partition coefficient (Wildman–Crippen LogP) is 5.26. The Bertz CT molecular complexity index is 1250. The van der Waals surface area contributed by atoms with Gasteiger partial charge in [0.1, 0.15) is 5.75 Å². The van der Waals surface area contributed by atoms with Crippen LogP contribution in [0, 0.1) is 0 Å². The summed E-state index contributed by atoms with van der Waals surface area (Å²) in [5, 5.41) is 6.87. The third kappa shape index (κ3) is 3.98. The van der Waals surface area contributed by atoms with Gasteiger partial charge in [0.2, 0.25) is 5.95 Å². The molecular formula is C25H28N6O. The molecule has 0 bridgehead atoms. The first-order valence-corrected chi connectivity index (χ1v) is 11.1. The summed E-state index contributed by atoms with van der Waals surface area (Å²) in [6, 6.07) is 14.8. The zero-order valence-corrected chi connectivity index (χ0v) is 18.7. The maximum absolute atomic E-state index is 5.25. The molecule has 4 aromatic rings. The smallest absolute Gasteiger partial charge is 0.231 e. The van der Waals surface area contributed by atoms with E-state index >= 15 is 0 Å². The second kappa shape index (κ2) is 8.49. The molecule has 2 heterocycles. The second-order valence-electron chi connectivity index (χ2n) is 8.48. The lowest BCUT2D eigenvalue weighted by Crippen LogP contribution is -2.08. The average Bonchev–Trinajstić information content (AvgIpc) is 3.44. The molecule has 1 aliphatic rings. The monoisotopic (exact) mass is 428 g/mol. The minimum absolute atomic E-state index is 0.247. The average molecular weight is 429 g/mol. The van der Waals surface area contributed by atoms with Crippen LogP contribution in [-0.4, -0.2) is 26.6 Å². The van der Waals surface area contributed by atoms with E-state index in [4.69, 9.17) is 14.7 Å². The van der Waals surface area contributed by atoms with Crippen LogP contribution in [0.2, 0.25) is 0 Å². The maximum atomic E-state index is 5.25. The Hall–Kier alpha value is -3.61. The van der Waals surface area contributed by atoms with E-state index in [9.17, 15) is 0 Å². The van der Waals surface area contributed by atoms with E-state index in [1.807, 2.05) is 30.6 Å². The number of benzene rings is 2. The lowest BCUT2D eigenvalue weighted by Gasteiger charge is -2.13. The number of ether oxygens (including phenoxy) is 1. The molecule has 0 spiro atoms. The molecule has 0 aliphatic heterocycles. The van der Waals surface area contributed by atoms with Gasteiger partial charge in [-0.2, -0.15) is 9.97 Å². The van der Waals surface area contributed by atoms with Crippen LogP contribution in [-0.2, 0) is 19.4 Å². The number of aryl methyl sites for hydroxylation is 2.